The lowest BCUT2D eigenvalue weighted by atomic mass is 9.85. The third-order valence-corrected chi connectivity index (χ3v) is 9.84. The van der Waals surface area contributed by atoms with Crippen LogP contribution in [0.5, 0.6) is 0 Å². The number of allylic oxidation sites excluding steroid dienone is 1. The zero-order valence-corrected chi connectivity index (χ0v) is 22.9. The number of nitrogens with zero attached hydrogens (tertiary/aromatic N) is 3. The van der Waals surface area contributed by atoms with Crippen LogP contribution in [-0.2, 0) is 6.42 Å². The van der Waals surface area contributed by atoms with Gasteiger partial charge in [-0.3, -0.25) is 9.36 Å². The Bertz CT molecular complexity index is 2060. The van der Waals surface area contributed by atoms with Gasteiger partial charge in [0.05, 0.1) is 27.3 Å². The Labute approximate surface area is 234 Å². The Hall–Kier alpha value is -3.92. The van der Waals surface area contributed by atoms with Gasteiger partial charge in [-0.1, -0.05) is 53.8 Å². The van der Waals surface area contributed by atoms with Gasteiger partial charge >= 0.3 is 0 Å². The second-order valence-electron chi connectivity index (χ2n) is 9.45. The summed E-state index contributed by atoms with van der Waals surface area (Å²) in [6.45, 7) is 0. The summed E-state index contributed by atoms with van der Waals surface area (Å²) in [5.74, 6) is 0.626. The van der Waals surface area contributed by atoms with Crippen LogP contribution in [0.2, 0.25) is 0 Å². The average Bonchev–Trinajstić information content (AvgIpc) is 3.76. The van der Waals surface area contributed by atoms with Gasteiger partial charge in [-0.2, -0.15) is 0 Å². The molecule has 0 unspecified atom stereocenters. The van der Waals surface area contributed by atoms with Gasteiger partial charge in [0.1, 0.15) is 5.76 Å². The van der Waals surface area contributed by atoms with Crippen LogP contribution in [-0.4, -0.2) is 14.5 Å². The molecule has 9 heteroatoms. The predicted octanol–water partition coefficient (Wildman–Crippen LogP) is 6.00. The van der Waals surface area contributed by atoms with Crippen molar-refractivity contribution in [1.82, 2.24) is 14.5 Å². The second kappa shape index (κ2) is 9.08. The van der Waals surface area contributed by atoms with Gasteiger partial charge in [-0.15, -0.1) is 11.3 Å². The zero-order valence-electron chi connectivity index (χ0n) is 20.5. The molecule has 0 fully saturated rings. The molecule has 5 heterocycles. The fourth-order valence-corrected chi connectivity index (χ4v) is 7.99. The van der Waals surface area contributed by atoms with Crippen LogP contribution < -0.4 is 14.9 Å². The number of aromatic amines is 1. The number of rotatable bonds is 4. The summed E-state index contributed by atoms with van der Waals surface area (Å²) in [5, 5.41) is 3.54. The fraction of sp³-hybridized carbons (Fsp3) is 0.100. The Balaban J connectivity index is 1.21. The summed E-state index contributed by atoms with van der Waals surface area (Å²) in [7, 11) is 0. The minimum atomic E-state index is -0.137. The third-order valence-electron chi connectivity index (χ3n) is 7.13. The lowest BCUT2D eigenvalue weighted by Crippen LogP contribution is -2.38. The molecule has 1 atom stereocenters. The minimum absolute atomic E-state index is 0.0366. The highest BCUT2D eigenvalue weighted by Crippen LogP contribution is 2.42. The standard InChI is InChI=1S/C30H20N4O2S3/c35-28-24(16-18-12-14-25(36-18)39-29-31-21-8-3-4-9-22(21)32-29)38-30-33-26-19-7-2-1-6-17(19)11-13-20(26)27(34(28)30)23-10-5-15-37-23/h1-10,12,14-16,27H,11,13H2,(H,31,32)/b24-16-/t27-/m1/s1. The number of fused-ring (bicyclic) bond motifs is 4. The number of aromatic nitrogens is 3. The molecule has 190 valence electrons. The van der Waals surface area contributed by atoms with Gasteiger partial charge in [-0.25, -0.2) is 9.98 Å². The number of hydrogen-bond donors (Lipinski definition) is 1. The maximum absolute atomic E-state index is 13.8. The van der Waals surface area contributed by atoms with E-state index in [2.05, 4.69) is 51.7 Å². The maximum Gasteiger partial charge on any atom is 0.271 e. The number of hydrogen-bond acceptors (Lipinski definition) is 7. The Morgan fingerprint density at radius 1 is 1.03 bits per heavy atom. The molecule has 6 aromatic rings. The van der Waals surface area contributed by atoms with Crippen LogP contribution in [0, 0.1) is 0 Å². The molecule has 6 nitrogen and oxygen atoms in total. The van der Waals surface area contributed by atoms with Crippen molar-refractivity contribution in [2.45, 2.75) is 29.1 Å². The van der Waals surface area contributed by atoms with E-state index in [4.69, 9.17) is 9.41 Å². The van der Waals surface area contributed by atoms with E-state index in [-0.39, 0.29) is 11.6 Å². The van der Waals surface area contributed by atoms with Crippen LogP contribution in [0.25, 0.3) is 22.8 Å². The van der Waals surface area contributed by atoms with Crippen LogP contribution in [0.1, 0.15) is 34.2 Å². The van der Waals surface area contributed by atoms with Crippen molar-refractivity contribution >= 4 is 57.2 Å². The van der Waals surface area contributed by atoms with Crippen molar-refractivity contribution in [2.75, 3.05) is 0 Å². The molecule has 2 aromatic carbocycles. The van der Waals surface area contributed by atoms with E-state index in [1.165, 1.54) is 39.8 Å². The van der Waals surface area contributed by atoms with Crippen LogP contribution >= 0.6 is 34.4 Å². The molecule has 1 aliphatic heterocycles. The van der Waals surface area contributed by atoms with Crippen molar-refractivity contribution in [1.29, 1.82) is 0 Å². The van der Waals surface area contributed by atoms with Crippen molar-refractivity contribution in [2.24, 2.45) is 4.99 Å². The first-order valence-electron chi connectivity index (χ1n) is 12.6. The number of aryl methyl sites for hydroxylation is 1. The van der Waals surface area contributed by atoms with E-state index in [1.54, 1.807) is 11.3 Å². The van der Waals surface area contributed by atoms with Crippen LogP contribution in [0.3, 0.4) is 0 Å². The van der Waals surface area contributed by atoms with Crippen molar-refractivity contribution in [3.05, 3.63) is 125 Å². The summed E-state index contributed by atoms with van der Waals surface area (Å²) < 4.78 is 8.57. The van der Waals surface area contributed by atoms with Gasteiger partial charge < -0.3 is 9.40 Å². The molecule has 1 N–H and O–H groups in total. The quantitative estimate of drug-likeness (QED) is 0.285. The normalized spacial score (nSPS) is 16.7. The SMILES string of the molecule is O=c1/c(=C/c2ccc(Sc3nc4ccccc4[nH]3)o2)sc2n1[C@@H](c1cccs1)C1=C(N=2)c2ccccc2CC1. The first-order valence-corrected chi connectivity index (χ1v) is 15.1. The highest BCUT2D eigenvalue weighted by Gasteiger charge is 2.33. The molecule has 0 amide bonds. The molecule has 0 saturated carbocycles. The summed E-state index contributed by atoms with van der Waals surface area (Å²) in [6.07, 6.45) is 3.67. The Morgan fingerprint density at radius 3 is 2.82 bits per heavy atom. The summed E-state index contributed by atoms with van der Waals surface area (Å²) in [6, 6.07) is 24.2. The first-order chi connectivity index (χ1) is 19.2. The topological polar surface area (TPSA) is 76.2 Å². The third kappa shape index (κ3) is 3.88. The highest BCUT2D eigenvalue weighted by atomic mass is 32.2. The van der Waals surface area contributed by atoms with Crippen molar-refractivity contribution in [3.8, 4) is 0 Å². The minimum Gasteiger partial charge on any atom is -0.450 e. The lowest BCUT2D eigenvalue weighted by molar-refractivity contribution is 0.466. The number of nitrogens with one attached hydrogen (secondary N) is 1. The molecular weight excluding hydrogens is 545 g/mol. The lowest BCUT2D eigenvalue weighted by Gasteiger charge is -2.30. The number of imidazole rings is 1. The predicted molar refractivity (Wildman–Crippen MR) is 156 cm³/mol. The number of thiophene rings is 1. The molecule has 0 radical (unpaired) electrons. The summed E-state index contributed by atoms with van der Waals surface area (Å²) in [4.78, 5) is 28.7. The summed E-state index contributed by atoms with van der Waals surface area (Å²) in [5.41, 5.74) is 6.59. The van der Waals surface area contributed by atoms with Crippen LogP contribution in [0.4, 0.5) is 0 Å². The van der Waals surface area contributed by atoms with E-state index in [0.29, 0.717) is 15.4 Å². The highest BCUT2D eigenvalue weighted by molar-refractivity contribution is 7.99. The van der Waals surface area contributed by atoms with E-state index in [9.17, 15) is 4.79 Å². The monoisotopic (exact) mass is 564 g/mol. The molecule has 0 spiro atoms. The van der Waals surface area contributed by atoms with Gasteiger partial charge in [0.2, 0.25) is 0 Å². The molecule has 0 bridgehead atoms. The molecule has 0 saturated heterocycles. The molecule has 2 aliphatic rings. The smallest absolute Gasteiger partial charge is 0.271 e. The van der Waals surface area contributed by atoms with E-state index < -0.39 is 0 Å². The van der Waals surface area contributed by atoms with Gasteiger partial charge in [-0.05, 0) is 71.5 Å². The van der Waals surface area contributed by atoms with Gasteiger partial charge in [0.25, 0.3) is 5.56 Å². The zero-order chi connectivity index (χ0) is 25.9. The number of thiazole rings is 1. The van der Waals surface area contributed by atoms with Gasteiger partial charge in [0.15, 0.2) is 15.1 Å². The molecule has 1 aliphatic carbocycles. The molecule has 39 heavy (non-hydrogen) atoms. The van der Waals surface area contributed by atoms with Crippen molar-refractivity contribution < 1.29 is 4.42 Å². The number of H-pyrrole nitrogens is 1. The molecule has 8 rings (SSSR count). The van der Waals surface area contributed by atoms with Crippen molar-refractivity contribution in [3.63, 3.8) is 0 Å². The Morgan fingerprint density at radius 2 is 1.92 bits per heavy atom. The van der Waals surface area contributed by atoms with E-state index in [0.717, 1.165) is 44.4 Å². The average molecular weight is 565 g/mol. The van der Waals surface area contributed by atoms with E-state index in [1.807, 2.05) is 47.0 Å². The first kappa shape index (κ1) is 23.0. The Kier molecular flexibility index (Phi) is 5.36. The molecule has 4 aromatic heterocycles. The number of benzene rings is 2. The summed E-state index contributed by atoms with van der Waals surface area (Å²) >= 11 is 4.53. The second-order valence-corrected chi connectivity index (χ2v) is 12.4. The number of para-hydroxylation sites is 2. The molecular formula is C30H20N4O2S3. The van der Waals surface area contributed by atoms with Crippen LogP contribution in [0.15, 0.2) is 108 Å². The number of furan rings is 1. The largest absolute Gasteiger partial charge is 0.450 e. The maximum atomic E-state index is 13.8. The fourth-order valence-electron chi connectivity index (χ4n) is 5.39. The van der Waals surface area contributed by atoms with E-state index >= 15 is 0 Å². The van der Waals surface area contributed by atoms with Gasteiger partial charge in [0, 0.05) is 16.5 Å².